The summed E-state index contributed by atoms with van der Waals surface area (Å²) in [5, 5.41) is 9.17. The number of aliphatic hydroxyl groups is 1. The van der Waals surface area contributed by atoms with Crippen LogP contribution in [0.25, 0.3) is 0 Å². The van der Waals surface area contributed by atoms with Crippen molar-refractivity contribution >= 4 is 11.8 Å². The normalized spacial score (nSPS) is 46.9. The number of rotatable bonds is 0. The molecule has 1 N–H and O–H groups in total. The second kappa shape index (κ2) is 12.6. The molecule has 8 aliphatic rings. The van der Waals surface area contributed by atoms with Crippen LogP contribution < -0.4 is 0 Å². The van der Waals surface area contributed by atoms with E-state index in [-0.39, 0.29) is 6.10 Å². The van der Waals surface area contributed by atoms with Crippen LogP contribution in [0.4, 0.5) is 96.6 Å². The van der Waals surface area contributed by atoms with Gasteiger partial charge in [-0.1, -0.05) is 31.2 Å². The van der Waals surface area contributed by atoms with Crippen LogP contribution in [-0.4, -0.2) is 98.8 Å². The molecule has 0 heterocycles. The van der Waals surface area contributed by atoms with Crippen molar-refractivity contribution in [2.45, 2.75) is 128 Å². The van der Waals surface area contributed by atoms with Gasteiger partial charge in [-0.3, -0.25) is 9.59 Å². The fraction of sp³-hybridized carbons (Fsp3) is 0.812. The minimum Gasteiger partial charge on any atom is -0.392 e. The van der Waals surface area contributed by atoms with Gasteiger partial charge in [0.05, 0.1) is 6.10 Å². The highest BCUT2D eigenvalue weighted by Crippen LogP contribution is 2.83. The van der Waals surface area contributed by atoms with Crippen molar-refractivity contribution in [3.8, 4) is 0 Å². The molecule has 0 spiro atoms. The topological polar surface area (TPSA) is 54.4 Å². The van der Waals surface area contributed by atoms with Crippen LogP contribution in [0.2, 0.25) is 0 Å². The number of halogens is 22. The fourth-order valence-corrected chi connectivity index (χ4v) is 8.51. The molecule has 6 saturated carbocycles. The lowest BCUT2D eigenvalue weighted by Gasteiger charge is -2.44. The summed E-state index contributed by atoms with van der Waals surface area (Å²) in [6, 6.07) is -1.33. The summed E-state index contributed by atoms with van der Waals surface area (Å²) in [6.45, 7) is 2.43. The van der Waals surface area contributed by atoms with Gasteiger partial charge in [-0.2, -0.15) is 74.6 Å². The summed E-state index contributed by atoms with van der Waals surface area (Å²) < 4.78 is 284. The summed E-state index contributed by atoms with van der Waals surface area (Å²) in [6.07, 6.45) is 14.3. The summed E-state index contributed by atoms with van der Waals surface area (Å²) in [5.74, 6) is -52.3. The molecule has 3 nitrogen and oxygen atoms in total. The number of alkyl halides is 21. The Morgan fingerprint density at radius 1 is 0.544 bits per heavy atom. The van der Waals surface area contributed by atoms with Gasteiger partial charge >= 0.3 is 64.4 Å². The Bertz CT molecular complexity index is 1600. The first kappa shape index (κ1) is 46.9. The van der Waals surface area contributed by atoms with Gasteiger partial charge in [-0.15, -0.1) is 0 Å². The van der Waals surface area contributed by atoms with Crippen LogP contribution in [0.5, 0.6) is 0 Å². The van der Waals surface area contributed by atoms with Crippen LogP contribution in [0.1, 0.15) is 46.5 Å². The van der Waals surface area contributed by atoms with E-state index in [9.17, 15) is 101 Å². The first-order valence-electron chi connectivity index (χ1n) is 16.3. The Hall–Kier alpha value is -2.76. The molecule has 0 aromatic rings. The number of hydrogen-bond acceptors (Lipinski definition) is 3. The second-order valence-corrected chi connectivity index (χ2v) is 15.1. The minimum absolute atomic E-state index is 0.00926. The molecule has 0 aromatic heterocycles. The quantitative estimate of drug-likeness (QED) is 0.150. The summed E-state index contributed by atoms with van der Waals surface area (Å²) in [7, 11) is 0. The maximum Gasteiger partial charge on any atom is 0.360 e. The van der Waals surface area contributed by atoms with E-state index in [0.29, 0.717) is 5.92 Å². The van der Waals surface area contributed by atoms with Gasteiger partial charge in [0, 0.05) is 12.8 Å². The number of Topliss-reactive ketones (excluding diaryl/α,β-unsaturated/α-hetero) is 1. The summed E-state index contributed by atoms with van der Waals surface area (Å²) >= 11 is 0. The van der Waals surface area contributed by atoms with Gasteiger partial charge in [0.2, 0.25) is 5.67 Å². The van der Waals surface area contributed by atoms with Crippen LogP contribution in [-0.2, 0) is 9.59 Å². The molecule has 328 valence electrons. The number of ketones is 1. The maximum absolute atomic E-state index is 13.6. The third-order valence-corrected chi connectivity index (χ3v) is 11.8. The molecule has 57 heavy (non-hydrogen) atoms. The minimum atomic E-state index is -6.78. The van der Waals surface area contributed by atoms with E-state index in [2.05, 4.69) is 31.2 Å². The number of fused-ring (bicyclic) bond motifs is 8. The highest BCUT2D eigenvalue weighted by atomic mass is 19.4. The van der Waals surface area contributed by atoms with Crippen LogP contribution >= 0.6 is 0 Å². The van der Waals surface area contributed by atoms with E-state index >= 15 is 0 Å². The van der Waals surface area contributed by atoms with Crippen LogP contribution in [0.3, 0.4) is 0 Å². The smallest absolute Gasteiger partial charge is 0.360 e. The van der Waals surface area contributed by atoms with Crippen LogP contribution in [0.15, 0.2) is 24.3 Å². The average Bonchev–Trinajstić information content (AvgIpc) is 3.90. The fourth-order valence-electron chi connectivity index (χ4n) is 8.51. The highest BCUT2D eigenvalue weighted by Gasteiger charge is 3.16. The standard InChI is InChI=1S/C8H3F11.C8H12.C7F10O.C7H10O.C2H3FO/c1-2(9)3(10)6(14,15)4(11,5(2,12)13)8(18,19)7(3,16)17;1-6-4-7-2-3-8(6)5-7;8-2-1(18)3(9,10)4(11,5(2,12)13)7(16,17)6(2,14)15;8-7-4-5-1-2-6(7)3-5;1-2(3)4/h1H3;2-3,6-8H,4-5H2,1H3;;1-2,5-8H,3-4H2;1H3. The van der Waals surface area contributed by atoms with E-state index in [4.69, 9.17) is 9.90 Å². The van der Waals surface area contributed by atoms with E-state index in [1.807, 2.05) is 0 Å². The van der Waals surface area contributed by atoms with E-state index in [0.717, 1.165) is 37.0 Å². The summed E-state index contributed by atoms with van der Waals surface area (Å²) in [4.78, 5) is 19.3. The lowest BCUT2D eigenvalue weighted by molar-refractivity contribution is -0.372. The monoisotopic (exact) mass is 878 g/mol. The van der Waals surface area contributed by atoms with E-state index in [1.54, 1.807) is 0 Å². The second-order valence-electron chi connectivity index (χ2n) is 15.1. The molecular formula is C32H28F22O3. The molecule has 8 bridgehead atoms. The third-order valence-electron chi connectivity index (χ3n) is 11.8. The molecule has 0 saturated heterocycles. The average molecular weight is 879 g/mol. The van der Waals surface area contributed by atoms with Crippen molar-refractivity contribution in [1.82, 2.24) is 0 Å². The van der Waals surface area contributed by atoms with Crippen molar-refractivity contribution in [3.63, 3.8) is 0 Å². The van der Waals surface area contributed by atoms with Gasteiger partial charge in [0.15, 0.2) is 0 Å². The maximum atomic E-state index is 13.6. The molecule has 11 unspecified atom stereocenters. The van der Waals surface area contributed by atoms with Gasteiger partial charge < -0.3 is 5.11 Å². The number of allylic oxidation sites excluding steroid dienone is 3. The Labute approximate surface area is 305 Å². The number of carbonyl (C=O) groups excluding carboxylic acids is 2. The number of carbonyl (C=O) groups is 2. The number of hydrogen-bond donors (Lipinski definition) is 1. The Morgan fingerprint density at radius 3 is 1.16 bits per heavy atom. The zero-order valence-electron chi connectivity index (χ0n) is 28.7. The lowest BCUT2D eigenvalue weighted by atomic mass is 9.76. The van der Waals surface area contributed by atoms with Crippen molar-refractivity contribution < 1.29 is 111 Å². The largest absolute Gasteiger partial charge is 0.392 e. The van der Waals surface area contributed by atoms with Crippen LogP contribution in [0, 0.1) is 29.6 Å². The van der Waals surface area contributed by atoms with Gasteiger partial charge in [0.1, 0.15) is 0 Å². The zero-order valence-corrected chi connectivity index (χ0v) is 28.7. The van der Waals surface area contributed by atoms with E-state index in [1.165, 1.54) is 19.3 Å². The number of aliphatic hydroxyl groups excluding tert-OH is 1. The van der Waals surface area contributed by atoms with Gasteiger partial charge in [-0.05, 0) is 56.3 Å². The molecule has 8 aliphatic carbocycles. The molecule has 0 aliphatic heterocycles. The zero-order chi connectivity index (χ0) is 44.8. The van der Waals surface area contributed by atoms with Gasteiger partial charge in [-0.25, -0.2) is 22.0 Å². The molecule has 0 aromatic carbocycles. The molecule has 11 atom stereocenters. The van der Waals surface area contributed by atoms with Crippen molar-refractivity contribution in [2.75, 3.05) is 0 Å². The Kier molecular flexibility index (Phi) is 10.4. The SMILES string of the molecule is CC(=O)F.CC1(F)C(F)(F)C2(F)C(F)(F)C(F)(F)C1(F)C2(F)F.CC1CC2C=CC1C2.O=C1C(F)(F)C2(F)C(F)(F)C(F)(F)C1(F)C2(F)F.OC1CC2C=CC1C2. The predicted molar refractivity (Wildman–Crippen MR) is 147 cm³/mol. The molecule has 0 radical (unpaired) electrons. The molecule has 6 fully saturated rings. The van der Waals surface area contributed by atoms with Crippen molar-refractivity contribution in [1.29, 1.82) is 0 Å². The summed E-state index contributed by atoms with van der Waals surface area (Å²) in [5.41, 5.74) is -31.5. The molecule has 0 amide bonds. The first-order chi connectivity index (χ1) is 25.1. The van der Waals surface area contributed by atoms with E-state index < -0.39 is 94.5 Å². The molecule has 25 heteroatoms. The lowest BCUT2D eigenvalue weighted by Crippen LogP contribution is -2.74. The predicted octanol–water partition coefficient (Wildman–Crippen LogP) is 9.90. The Balaban J connectivity index is 0.000000172. The van der Waals surface area contributed by atoms with Gasteiger partial charge in [0.25, 0.3) is 17.5 Å². The highest BCUT2D eigenvalue weighted by molar-refractivity contribution is 6.03. The first-order valence-corrected chi connectivity index (χ1v) is 16.3. The van der Waals surface area contributed by atoms with Crippen molar-refractivity contribution in [3.05, 3.63) is 24.3 Å². The molecular weight excluding hydrogens is 850 g/mol. The third kappa shape index (κ3) is 4.88. The Morgan fingerprint density at radius 2 is 0.930 bits per heavy atom. The van der Waals surface area contributed by atoms with Crippen molar-refractivity contribution in [2.24, 2.45) is 29.6 Å². The molecule has 8 rings (SSSR count).